The first-order valence-corrected chi connectivity index (χ1v) is 2.45. The second-order valence-electron chi connectivity index (χ2n) is 0.500. The van der Waals surface area contributed by atoms with Crippen LogP contribution in [0.4, 0.5) is 0 Å². The molecule has 0 amide bonds. The molecule has 0 spiro atoms. The van der Waals surface area contributed by atoms with Crippen molar-refractivity contribution in [3.8, 4) is 0 Å². The standard InChI is InChI=1S/Al.Ca.Fe.O4Si.H2O/c;;;1-5(2,3)4;/h;;;;1H2/q+3;+2;;-4;/p-1. The summed E-state index contributed by atoms with van der Waals surface area (Å²) in [5, 5.41) is 0. The van der Waals surface area contributed by atoms with Crippen LogP contribution in [0.15, 0.2) is 0 Å². The first-order chi connectivity index (χ1) is 2.00. The molecule has 0 aliphatic rings. The summed E-state index contributed by atoms with van der Waals surface area (Å²) in [5.74, 6) is 0. The summed E-state index contributed by atoms with van der Waals surface area (Å²) < 4.78 is 0. The summed E-state index contributed by atoms with van der Waals surface area (Å²) in [5.41, 5.74) is 0. The van der Waals surface area contributed by atoms with Crippen LogP contribution in [0, 0.1) is 0 Å². The van der Waals surface area contributed by atoms with E-state index in [0.29, 0.717) is 0 Å². The van der Waals surface area contributed by atoms with Gasteiger partial charge in [0, 0.05) is 17.1 Å². The molecular formula is HAlCaFeO5Si. The van der Waals surface area contributed by atoms with E-state index in [1.165, 1.54) is 0 Å². The van der Waals surface area contributed by atoms with Crippen LogP contribution in [0.1, 0.15) is 0 Å². The van der Waals surface area contributed by atoms with Crippen molar-refractivity contribution in [3.63, 3.8) is 0 Å². The Bertz CT molecular complexity index is 32.4. The van der Waals surface area contributed by atoms with Crippen LogP contribution in [0.25, 0.3) is 0 Å². The molecule has 0 aromatic heterocycles. The third-order valence-corrected chi connectivity index (χ3v) is 0. The molecular weight excluding hydrogens is 231 g/mol. The Morgan fingerprint density at radius 1 is 0.889 bits per heavy atom. The summed E-state index contributed by atoms with van der Waals surface area (Å²) in [6, 6.07) is 0. The van der Waals surface area contributed by atoms with Crippen LogP contribution in [0.5, 0.6) is 0 Å². The van der Waals surface area contributed by atoms with Crippen LogP contribution in [0.3, 0.4) is 0 Å². The van der Waals surface area contributed by atoms with E-state index in [-0.39, 0.29) is 77.6 Å². The fourth-order valence-corrected chi connectivity index (χ4v) is 0. The second-order valence-corrected chi connectivity index (χ2v) is 1.50. The molecule has 0 unspecified atom stereocenters. The zero-order chi connectivity index (χ0) is 4.50. The van der Waals surface area contributed by atoms with Gasteiger partial charge in [-0.05, 0) is 0 Å². The average molecular weight is 232 g/mol. The summed E-state index contributed by atoms with van der Waals surface area (Å²) >= 11 is 0. The largest absolute Gasteiger partial charge is 3.00 e. The normalized spacial score (nSPS) is 6.67. The third-order valence-electron chi connectivity index (χ3n) is 0. The zero-order valence-electron chi connectivity index (χ0n) is 4.22. The fraction of sp³-hybridized carbons (Fsp3) is 0. The molecule has 0 aliphatic carbocycles. The third kappa shape index (κ3) is 132. The Labute approximate surface area is 104 Å². The first kappa shape index (κ1) is 30.2. The van der Waals surface area contributed by atoms with Gasteiger partial charge in [0.15, 0.2) is 0 Å². The average Bonchev–Trinajstić information content (AvgIpc) is 0.722. The van der Waals surface area contributed by atoms with Gasteiger partial charge in [0.2, 0.25) is 0 Å². The maximum atomic E-state index is 8.58. The van der Waals surface area contributed by atoms with Crippen molar-refractivity contribution < 1.29 is 41.7 Å². The summed E-state index contributed by atoms with van der Waals surface area (Å²) in [4.78, 5) is 34.3. The van der Waals surface area contributed by atoms with Crippen molar-refractivity contribution >= 4 is 64.1 Å². The Hall–Kier alpha value is 2.33. The molecule has 0 bridgehead atoms. The van der Waals surface area contributed by atoms with Crippen molar-refractivity contribution in [3.05, 3.63) is 0 Å². The molecule has 0 aromatic carbocycles. The maximum Gasteiger partial charge on any atom is 3.00 e. The number of hydrogen-bond donors (Lipinski definition) is 0. The van der Waals surface area contributed by atoms with E-state index in [0.717, 1.165) is 0 Å². The van der Waals surface area contributed by atoms with Gasteiger partial charge in [-0.1, -0.05) is 0 Å². The molecule has 0 saturated carbocycles. The van der Waals surface area contributed by atoms with E-state index in [4.69, 9.17) is 19.2 Å². The molecule has 0 heterocycles. The van der Waals surface area contributed by atoms with Gasteiger partial charge < -0.3 is 33.7 Å². The van der Waals surface area contributed by atoms with Gasteiger partial charge in [0.25, 0.3) is 0 Å². The van der Waals surface area contributed by atoms with Gasteiger partial charge in [-0.3, -0.25) is 0 Å². The van der Waals surface area contributed by atoms with E-state index >= 15 is 0 Å². The monoisotopic (exact) mass is 232 g/mol. The molecule has 0 fully saturated rings. The van der Waals surface area contributed by atoms with Gasteiger partial charge in [-0.25, -0.2) is 0 Å². The quantitative estimate of drug-likeness (QED) is 0.384. The fourth-order valence-electron chi connectivity index (χ4n) is 0. The maximum absolute atomic E-state index is 8.58. The second kappa shape index (κ2) is 13.0. The number of hydrogen-bond acceptors (Lipinski definition) is 5. The Morgan fingerprint density at radius 2 is 0.889 bits per heavy atom. The predicted molar refractivity (Wildman–Crippen MR) is 19.2 cm³/mol. The summed E-state index contributed by atoms with van der Waals surface area (Å²) in [6.45, 7) is 0. The van der Waals surface area contributed by atoms with Gasteiger partial charge in [-0.2, -0.15) is 0 Å². The van der Waals surface area contributed by atoms with Crippen LogP contribution >= 0.6 is 0 Å². The molecule has 48 valence electrons. The number of rotatable bonds is 0. The van der Waals surface area contributed by atoms with E-state index in [1.54, 1.807) is 0 Å². The molecule has 0 atom stereocenters. The van der Waals surface area contributed by atoms with E-state index < -0.39 is 9.05 Å². The topological polar surface area (TPSA) is 122 Å². The molecule has 0 radical (unpaired) electrons. The van der Waals surface area contributed by atoms with Crippen molar-refractivity contribution in [1.29, 1.82) is 0 Å². The molecule has 1 N–H and O–H groups in total. The van der Waals surface area contributed by atoms with Crippen LogP contribution < -0.4 is 19.2 Å². The zero-order valence-corrected chi connectivity index (χ0v) is 9.69. The Balaban J connectivity index is -0.0000000133. The summed E-state index contributed by atoms with van der Waals surface area (Å²) in [6.07, 6.45) is 0. The van der Waals surface area contributed by atoms with Crippen LogP contribution in [-0.2, 0) is 17.1 Å². The molecule has 0 aromatic rings. The van der Waals surface area contributed by atoms with E-state index in [2.05, 4.69) is 0 Å². The first-order valence-electron chi connectivity index (χ1n) is 0.816. The predicted octanol–water partition coefficient (Wildman–Crippen LogP) is -6.08. The molecule has 5 nitrogen and oxygen atoms in total. The minimum absolute atomic E-state index is 0. The Morgan fingerprint density at radius 3 is 0.889 bits per heavy atom. The van der Waals surface area contributed by atoms with Gasteiger partial charge in [-0.15, -0.1) is 0 Å². The molecule has 0 rings (SSSR count). The van der Waals surface area contributed by atoms with Gasteiger partial charge in [0.1, 0.15) is 0 Å². The molecule has 9 heavy (non-hydrogen) atoms. The van der Waals surface area contributed by atoms with Crippen molar-refractivity contribution in [2.75, 3.05) is 0 Å². The minimum Gasteiger partial charge on any atom is -0.894 e. The van der Waals surface area contributed by atoms with Gasteiger partial charge in [0.05, 0.1) is 0 Å². The van der Waals surface area contributed by atoms with Gasteiger partial charge >= 0.3 is 55.1 Å². The minimum atomic E-state index is -5.61. The summed E-state index contributed by atoms with van der Waals surface area (Å²) in [7, 11) is -5.61. The molecule has 9 heteroatoms. The van der Waals surface area contributed by atoms with Crippen LogP contribution in [-0.4, -0.2) is 69.6 Å². The van der Waals surface area contributed by atoms with Crippen molar-refractivity contribution in [2.45, 2.75) is 0 Å². The van der Waals surface area contributed by atoms with Crippen LogP contribution in [0.2, 0.25) is 0 Å². The SMILES string of the molecule is [Al+3].[Ca+2].[Fe].[O-][Si]([O-])([O-])[O-].[OH-]. The van der Waals surface area contributed by atoms with Crippen molar-refractivity contribution in [2.24, 2.45) is 0 Å². The van der Waals surface area contributed by atoms with E-state index in [9.17, 15) is 0 Å². The Kier molecular flexibility index (Phi) is 43.4. The van der Waals surface area contributed by atoms with E-state index in [1.807, 2.05) is 0 Å². The molecule has 0 saturated heterocycles. The smallest absolute Gasteiger partial charge is 0.894 e. The van der Waals surface area contributed by atoms with Crippen molar-refractivity contribution in [1.82, 2.24) is 0 Å². The molecule has 0 aliphatic heterocycles.